The predicted molar refractivity (Wildman–Crippen MR) is 106 cm³/mol. The molecule has 7 rings (SSSR count). The third kappa shape index (κ3) is 2.51. The molecule has 0 amide bonds. The quantitative estimate of drug-likeness (QED) is 0.722. The summed E-state index contributed by atoms with van der Waals surface area (Å²) in [6.07, 6.45) is 1.15. The second-order valence-electron chi connectivity index (χ2n) is 8.18. The van der Waals surface area contributed by atoms with Gasteiger partial charge in [0.15, 0.2) is 23.0 Å². The highest BCUT2D eigenvalue weighted by Gasteiger charge is 2.46. The van der Waals surface area contributed by atoms with Crippen LogP contribution in [-0.4, -0.2) is 44.2 Å². The van der Waals surface area contributed by atoms with E-state index in [4.69, 9.17) is 23.7 Å². The molecule has 7 nitrogen and oxygen atoms in total. The van der Waals surface area contributed by atoms with E-state index in [2.05, 4.69) is 36.2 Å². The normalized spacial score (nSPS) is 24.9. The number of carbonyl (C=O) groups excluding carboxylic acids is 1. The van der Waals surface area contributed by atoms with Crippen molar-refractivity contribution in [3.63, 3.8) is 0 Å². The van der Waals surface area contributed by atoms with Crippen LogP contribution in [0.3, 0.4) is 0 Å². The molecule has 7 heteroatoms. The van der Waals surface area contributed by atoms with Gasteiger partial charge in [0.25, 0.3) is 0 Å². The molecular formula is C23H23NO6. The van der Waals surface area contributed by atoms with Crippen molar-refractivity contribution in [1.29, 1.82) is 0 Å². The molecule has 2 aromatic carbocycles. The summed E-state index contributed by atoms with van der Waals surface area (Å²) in [4.78, 5) is 14.8. The Hall–Kier alpha value is -2.93. The molecule has 5 aliphatic rings. The van der Waals surface area contributed by atoms with Crippen LogP contribution in [0.15, 0.2) is 24.3 Å². The van der Waals surface area contributed by atoms with Crippen LogP contribution < -0.4 is 18.9 Å². The molecule has 4 heterocycles. The van der Waals surface area contributed by atoms with Gasteiger partial charge in [0.05, 0.1) is 13.0 Å². The standard InChI is InChI=1S/C23H23NO6/c1-3-26-22(25)9-17-23-13-6-19-18(27-10-28-19)5-12(13)4-16(24(17)2)14-7-20-21(8-15(14)23)30-11-29-20/h5-8,16-17,23H,3-4,9-11H2,1-2H3/t16-,17-,23+/m0/s1. The second-order valence-corrected chi connectivity index (χ2v) is 8.18. The third-order valence-electron chi connectivity index (χ3n) is 6.74. The summed E-state index contributed by atoms with van der Waals surface area (Å²) in [6, 6.07) is 8.50. The van der Waals surface area contributed by atoms with Crippen LogP contribution in [0.1, 0.15) is 47.6 Å². The number of benzene rings is 2. The van der Waals surface area contributed by atoms with E-state index in [1.165, 1.54) is 22.3 Å². The summed E-state index contributed by atoms with van der Waals surface area (Å²) in [5.74, 6) is 2.92. The van der Waals surface area contributed by atoms with Gasteiger partial charge >= 0.3 is 5.97 Å². The van der Waals surface area contributed by atoms with Crippen LogP contribution in [0.25, 0.3) is 0 Å². The SMILES string of the molecule is CCOC(=O)C[C@H]1[C@@H]2c3cc4c(cc3C[C@@H](c3cc5c(cc32)OCO5)N1C)OCO4. The van der Waals surface area contributed by atoms with E-state index in [-0.39, 0.29) is 37.6 Å². The van der Waals surface area contributed by atoms with Crippen LogP contribution in [0, 0.1) is 0 Å². The number of nitrogens with zero attached hydrogens (tertiary/aromatic N) is 1. The minimum atomic E-state index is -0.175. The fourth-order valence-corrected chi connectivity index (χ4v) is 5.38. The lowest BCUT2D eigenvalue weighted by Gasteiger charge is -2.43. The topological polar surface area (TPSA) is 66.5 Å². The first-order chi connectivity index (χ1) is 14.6. The summed E-state index contributed by atoms with van der Waals surface area (Å²) >= 11 is 0. The Morgan fingerprint density at radius 2 is 1.57 bits per heavy atom. The smallest absolute Gasteiger partial charge is 0.307 e. The highest BCUT2D eigenvalue weighted by atomic mass is 16.7. The number of carbonyl (C=O) groups is 1. The molecule has 0 saturated carbocycles. The van der Waals surface area contributed by atoms with Crippen molar-refractivity contribution in [2.75, 3.05) is 27.2 Å². The predicted octanol–water partition coefficient (Wildman–Crippen LogP) is 3.14. The Balaban J connectivity index is 1.54. The van der Waals surface area contributed by atoms with Crippen LogP contribution in [-0.2, 0) is 16.0 Å². The zero-order chi connectivity index (χ0) is 20.4. The molecule has 0 N–H and O–H groups in total. The van der Waals surface area contributed by atoms with Crippen molar-refractivity contribution >= 4 is 5.97 Å². The van der Waals surface area contributed by atoms with Crippen molar-refractivity contribution in [1.82, 2.24) is 4.90 Å². The highest BCUT2D eigenvalue weighted by Crippen LogP contribution is 2.54. The first kappa shape index (κ1) is 17.9. The first-order valence-electron chi connectivity index (χ1n) is 10.4. The molecule has 3 atom stereocenters. The van der Waals surface area contributed by atoms with E-state index in [9.17, 15) is 4.79 Å². The molecule has 0 spiro atoms. The Morgan fingerprint density at radius 3 is 2.23 bits per heavy atom. The first-order valence-corrected chi connectivity index (χ1v) is 10.4. The minimum absolute atomic E-state index is 0.00726. The van der Waals surface area contributed by atoms with Crippen LogP contribution in [0.5, 0.6) is 23.0 Å². The van der Waals surface area contributed by atoms with E-state index < -0.39 is 0 Å². The van der Waals surface area contributed by atoms with Gasteiger partial charge < -0.3 is 23.7 Å². The largest absolute Gasteiger partial charge is 0.466 e. The molecular weight excluding hydrogens is 386 g/mol. The Kier molecular flexibility index (Phi) is 3.90. The van der Waals surface area contributed by atoms with Crippen molar-refractivity contribution in [2.45, 2.75) is 37.8 Å². The molecule has 0 unspecified atom stereocenters. The average molecular weight is 409 g/mol. The van der Waals surface area contributed by atoms with E-state index in [0.29, 0.717) is 13.0 Å². The van der Waals surface area contributed by atoms with Gasteiger partial charge in [-0.25, -0.2) is 0 Å². The Labute approximate surface area is 174 Å². The van der Waals surface area contributed by atoms with Gasteiger partial charge in [0, 0.05) is 18.0 Å². The van der Waals surface area contributed by atoms with Gasteiger partial charge in [0.1, 0.15) is 0 Å². The van der Waals surface area contributed by atoms with Crippen molar-refractivity contribution in [2.24, 2.45) is 0 Å². The number of likely N-dealkylation sites (N-methyl/N-ethyl adjacent to an activating group) is 1. The zero-order valence-corrected chi connectivity index (χ0v) is 17.0. The van der Waals surface area contributed by atoms with E-state index in [0.717, 1.165) is 29.4 Å². The number of ether oxygens (including phenoxy) is 5. The minimum Gasteiger partial charge on any atom is -0.466 e. The fraction of sp³-hybridized carbons (Fsp3) is 0.435. The fourth-order valence-electron chi connectivity index (χ4n) is 5.38. The summed E-state index contributed by atoms with van der Waals surface area (Å²) < 4.78 is 28.0. The van der Waals surface area contributed by atoms with E-state index in [1.54, 1.807) is 0 Å². The highest BCUT2D eigenvalue weighted by molar-refractivity contribution is 5.71. The maximum absolute atomic E-state index is 12.5. The van der Waals surface area contributed by atoms with Gasteiger partial charge in [-0.15, -0.1) is 0 Å². The molecule has 2 bridgehead atoms. The van der Waals surface area contributed by atoms with Gasteiger partial charge in [-0.3, -0.25) is 9.69 Å². The second kappa shape index (κ2) is 6.54. The van der Waals surface area contributed by atoms with Gasteiger partial charge in [0.2, 0.25) is 13.6 Å². The third-order valence-corrected chi connectivity index (χ3v) is 6.74. The van der Waals surface area contributed by atoms with Crippen molar-refractivity contribution < 1.29 is 28.5 Å². The number of hydrogen-bond acceptors (Lipinski definition) is 7. The molecule has 0 fully saturated rings. The van der Waals surface area contributed by atoms with Crippen molar-refractivity contribution in [3.8, 4) is 23.0 Å². The molecule has 0 aromatic heterocycles. The Bertz CT molecular complexity index is 1050. The molecule has 2 aromatic rings. The maximum Gasteiger partial charge on any atom is 0.307 e. The van der Waals surface area contributed by atoms with Gasteiger partial charge in [-0.05, 0) is 66.9 Å². The number of fused-ring (bicyclic) bond motifs is 3. The molecule has 0 saturated heterocycles. The monoisotopic (exact) mass is 409 g/mol. The lowest BCUT2D eigenvalue weighted by Crippen LogP contribution is -2.44. The number of esters is 1. The van der Waals surface area contributed by atoms with Crippen LogP contribution in [0.4, 0.5) is 0 Å². The lowest BCUT2D eigenvalue weighted by atomic mass is 9.77. The average Bonchev–Trinajstić information content (AvgIpc) is 3.33. The lowest BCUT2D eigenvalue weighted by molar-refractivity contribution is -0.144. The maximum atomic E-state index is 12.5. The van der Waals surface area contributed by atoms with E-state index >= 15 is 0 Å². The number of rotatable bonds is 3. The van der Waals surface area contributed by atoms with Crippen molar-refractivity contribution in [3.05, 3.63) is 46.5 Å². The summed E-state index contributed by atoms with van der Waals surface area (Å²) in [5.41, 5.74) is 4.82. The number of hydrogen-bond donors (Lipinski definition) is 0. The molecule has 30 heavy (non-hydrogen) atoms. The van der Waals surface area contributed by atoms with Gasteiger partial charge in [-0.2, -0.15) is 0 Å². The zero-order valence-electron chi connectivity index (χ0n) is 17.0. The summed E-state index contributed by atoms with van der Waals surface area (Å²) in [6.45, 7) is 2.71. The molecule has 0 radical (unpaired) electrons. The summed E-state index contributed by atoms with van der Waals surface area (Å²) in [7, 11) is 2.10. The summed E-state index contributed by atoms with van der Waals surface area (Å²) in [5, 5.41) is 0. The Morgan fingerprint density at radius 1 is 0.967 bits per heavy atom. The molecule has 156 valence electrons. The van der Waals surface area contributed by atoms with Crippen LogP contribution in [0.2, 0.25) is 0 Å². The molecule has 1 aliphatic carbocycles. The molecule has 4 aliphatic heterocycles. The van der Waals surface area contributed by atoms with Gasteiger partial charge in [-0.1, -0.05) is 0 Å². The van der Waals surface area contributed by atoms with Crippen LogP contribution >= 0.6 is 0 Å². The van der Waals surface area contributed by atoms with E-state index in [1.807, 2.05) is 6.92 Å².